The minimum Gasteiger partial charge on any atom is -0.218 e. The van der Waals surface area contributed by atoms with Crippen LogP contribution < -0.4 is 4.98 Å². The number of pyridine rings is 1. The van der Waals surface area contributed by atoms with E-state index in [1.165, 1.54) is 5.56 Å². The summed E-state index contributed by atoms with van der Waals surface area (Å²) in [5.41, 5.74) is 1.30. The number of aromatic amines is 1. The van der Waals surface area contributed by atoms with E-state index in [2.05, 4.69) is 20.9 Å². The van der Waals surface area contributed by atoms with Gasteiger partial charge < -0.3 is 0 Å². The first-order valence-corrected chi connectivity index (χ1v) is 3.56. The lowest BCUT2D eigenvalue weighted by molar-refractivity contribution is -0.378. The van der Waals surface area contributed by atoms with Gasteiger partial charge in [0.15, 0.2) is 12.4 Å². The molecule has 0 aliphatic rings. The second-order valence-corrected chi connectivity index (χ2v) is 2.10. The first kappa shape index (κ1) is 5.76. The molecule has 0 spiro atoms. The number of aromatic nitrogens is 1. The van der Waals surface area contributed by atoms with Crippen LogP contribution >= 0.6 is 15.9 Å². The van der Waals surface area contributed by atoms with E-state index in [9.17, 15) is 0 Å². The van der Waals surface area contributed by atoms with Gasteiger partial charge in [-0.05, 0) is 5.56 Å². The van der Waals surface area contributed by atoms with Gasteiger partial charge in [-0.15, -0.1) is 0 Å². The van der Waals surface area contributed by atoms with Crippen molar-refractivity contribution in [3.8, 4) is 0 Å². The number of hydrogen-bond acceptors (Lipinski definition) is 0. The normalized spacial score (nSPS) is 9.12. The Kier molecular flexibility index (Phi) is 2.03. The lowest BCUT2D eigenvalue weighted by Crippen LogP contribution is -1.97. The van der Waals surface area contributed by atoms with Crippen molar-refractivity contribution in [3.63, 3.8) is 0 Å². The third kappa shape index (κ3) is 1.30. The zero-order valence-corrected chi connectivity index (χ0v) is 5.98. The highest BCUT2D eigenvalue weighted by Gasteiger charge is 1.85. The van der Waals surface area contributed by atoms with Crippen molar-refractivity contribution in [1.82, 2.24) is 0 Å². The van der Waals surface area contributed by atoms with Gasteiger partial charge in [-0.2, -0.15) is 0 Å². The fraction of sp³-hybridized carbons (Fsp3) is 0.167. The first-order valence-electron chi connectivity index (χ1n) is 2.44. The Labute approximate surface area is 56.9 Å². The minimum atomic E-state index is 0.932. The second kappa shape index (κ2) is 2.82. The Hall–Kier alpha value is -0.370. The molecule has 0 aliphatic carbocycles. The van der Waals surface area contributed by atoms with Gasteiger partial charge in [-0.1, -0.05) is 15.9 Å². The van der Waals surface area contributed by atoms with E-state index < -0.39 is 0 Å². The van der Waals surface area contributed by atoms with Gasteiger partial charge >= 0.3 is 0 Å². The topological polar surface area (TPSA) is 14.1 Å². The van der Waals surface area contributed by atoms with Crippen molar-refractivity contribution in [3.05, 3.63) is 30.1 Å². The highest BCUT2D eigenvalue weighted by atomic mass is 79.9. The zero-order valence-electron chi connectivity index (χ0n) is 4.39. The maximum atomic E-state index is 3.34. The number of alkyl halides is 1. The molecule has 1 rings (SSSR count). The molecular formula is C6H7BrN+. The largest absolute Gasteiger partial charge is 0.218 e. The second-order valence-electron chi connectivity index (χ2n) is 1.54. The number of H-pyrrole nitrogens is 1. The van der Waals surface area contributed by atoms with E-state index in [-0.39, 0.29) is 0 Å². The number of hydrogen-bond donors (Lipinski definition) is 0. The molecule has 1 heterocycles. The van der Waals surface area contributed by atoms with Crippen LogP contribution in [0, 0.1) is 0 Å². The molecular weight excluding hydrogens is 166 g/mol. The zero-order chi connectivity index (χ0) is 5.82. The van der Waals surface area contributed by atoms with Crippen molar-refractivity contribution >= 4 is 15.9 Å². The molecule has 1 N–H and O–H groups in total. The van der Waals surface area contributed by atoms with Gasteiger partial charge in [0.05, 0.1) is 0 Å². The van der Waals surface area contributed by atoms with Crippen LogP contribution in [0.3, 0.4) is 0 Å². The highest BCUT2D eigenvalue weighted by molar-refractivity contribution is 9.08. The molecule has 1 nitrogen and oxygen atoms in total. The molecule has 8 heavy (non-hydrogen) atoms. The summed E-state index contributed by atoms with van der Waals surface area (Å²) in [6, 6.07) is 4.07. The SMILES string of the molecule is BrCc1cc[nH+]cc1. The van der Waals surface area contributed by atoms with Crippen molar-refractivity contribution in [2.75, 3.05) is 0 Å². The first-order chi connectivity index (χ1) is 3.93. The molecule has 0 amide bonds. The molecule has 1 aromatic heterocycles. The van der Waals surface area contributed by atoms with E-state index in [0.717, 1.165) is 5.33 Å². The van der Waals surface area contributed by atoms with Crippen molar-refractivity contribution < 1.29 is 4.98 Å². The maximum Gasteiger partial charge on any atom is 0.167 e. The lowest BCUT2D eigenvalue weighted by Gasteiger charge is -1.84. The molecule has 0 saturated heterocycles. The van der Waals surface area contributed by atoms with Crippen LogP contribution in [0.2, 0.25) is 0 Å². The predicted octanol–water partition coefficient (Wildman–Crippen LogP) is 1.40. The Balaban J connectivity index is 2.83. The average Bonchev–Trinajstić information content (AvgIpc) is 1.90. The molecule has 0 fully saturated rings. The van der Waals surface area contributed by atoms with E-state index >= 15 is 0 Å². The Morgan fingerprint density at radius 3 is 2.38 bits per heavy atom. The highest BCUT2D eigenvalue weighted by Crippen LogP contribution is 1.99. The Bertz CT molecular complexity index is 150. The average molecular weight is 173 g/mol. The Morgan fingerprint density at radius 2 is 2.00 bits per heavy atom. The summed E-state index contributed by atoms with van der Waals surface area (Å²) in [5.74, 6) is 0. The van der Waals surface area contributed by atoms with Crippen LogP contribution in [-0.2, 0) is 5.33 Å². The summed E-state index contributed by atoms with van der Waals surface area (Å²) in [7, 11) is 0. The van der Waals surface area contributed by atoms with Gasteiger partial charge in [0.1, 0.15) is 0 Å². The molecule has 0 radical (unpaired) electrons. The lowest BCUT2D eigenvalue weighted by atomic mass is 10.3. The Morgan fingerprint density at radius 1 is 1.38 bits per heavy atom. The van der Waals surface area contributed by atoms with Gasteiger partial charge in [-0.3, -0.25) is 0 Å². The standard InChI is InChI=1S/C6H6BrN/c7-5-6-1-3-8-4-2-6/h1-4H,5H2/p+1. The van der Waals surface area contributed by atoms with Crippen LogP contribution in [0.4, 0.5) is 0 Å². The van der Waals surface area contributed by atoms with Crippen LogP contribution in [0.1, 0.15) is 5.56 Å². The third-order valence-corrected chi connectivity index (χ3v) is 1.59. The van der Waals surface area contributed by atoms with Crippen LogP contribution in [0.25, 0.3) is 0 Å². The van der Waals surface area contributed by atoms with E-state index in [1.807, 2.05) is 24.5 Å². The predicted molar refractivity (Wildman–Crippen MR) is 35.6 cm³/mol. The summed E-state index contributed by atoms with van der Waals surface area (Å²) < 4.78 is 0. The minimum absolute atomic E-state index is 0.932. The van der Waals surface area contributed by atoms with Crippen molar-refractivity contribution in [1.29, 1.82) is 0 Å². The molecule has 0 bridgehead atoms. The summed E-state index contributed by atoms with van der Waals surface area (Å²) >= 11 is 3.34. The molecule has 1 aromatic rings. The van der Waals surface area contributed by atoms with E-state index in [0.29, 0.717) is 0 Å². The van der Waals surface area contributed by atoms with E-state index in [4.69, 9.17) is 0 Å². The van der Waals surface area contributed by atoms with Crippen molar-refractivity contribution in [2.45, 2.75) is 5.33 Å². The fourth-order valence-corrected chi connectivity index (χ4v) is 0.884. The van der Waals surface area contributed by atoms with Crippen molar-refractivity contribution in [2.24, 2.45) is 0 Å². The summed E-state index contributed by atoms with van der Waals surface area (Å²) in [6.45, 7) is 0. The smallest absolute Gasteiger partial charge is 0.167 e. The van der Waals surface area contributed by atoms with Gasteiger partial charge in [-0.25, -0.2) is 4.98 Å². The molecule has 0 atom stereocenters. The quantitative estimate of drug-likeness (QED) is 0.570. The number of halogens is 1. The maximum absolute atomic E-state index is 3.34. The molecule has 0 saturated carbocycles. The summed E-state index contributed by atoms with van der Waals surface area (Å²) in [5, 5.41) is 0.932. The number of rotatable bonds is 1. The molecule has 0 aliphatic heterocycles. The molecule has 42 valence electrons. The third-order valence-electron chi connectivity index (χ3n) is 0.942. The van der Waals surface area contributed by atoms with Crippen LogP contribution in [0.15, 0.2) is 24.5 Å². The van der Waals surface area contributed by atoms with Gasteiger partial charge in [0, 0.05) is 17.5 Å². The van der Waals surface area contributed by atoms with Crippen LogP contribution in [-0.4, -0.2) is 0 Å². The molecule has 0 aromatic carbocycles. The van der Waals surface area contributed by atoms with E-state index in [1.54, 1.807) is 0 Å². The van der Waals surface area contributed by atoms with Gasteiger partial charge in [0.25, 0.3) is 0 Å². The summed E-state index contributed by atoms with van der Waals surface area (Å²) in [4.78, 5) is 2.95. The van der Waals surface area contributed by atoms with Gasteiger partial charge in [0.2, 0.25) is 0 Å². The fourth-order valence-electron chi connectivity index (χ4n) is 0.510. The monoisotopic (exact) mass is 172 g/mol. The molecule has 2 heteroatoms. The molecule has 0 unspecified atom stereocenters. The van der Waals surface area contributed by atoms with Crippen LogP contribution in [0.5, 0.6) is 0 Å². The number of nitrogens with one attached hydrogen (secondary N) is 1. The summed E-state index contributed by atoms with van der Waals surface area (Å²) in [6.07, 6.45) is 3.83.